The Balaban J connectivity index is 3.75. The molecule has 0 fully saturated rings. The van der Waals surface area contributed by atoms with E-state index < -0.39 is 0 Å². The second-order valence-electron chi connectivity index (χ2n) is 2.29. The fraction of sp³-hybridized carbons (Fsp3) is 0.857. The van der Waals surface area contributed by atoms with Crippen LogP contribution in [-0.2, 0) is 0 Å². The maximum absolute atomic E-state index is 8.16. The normalized spacial score (nSPS) is 14.8. The molecule has 10 heavy (non-hydrogen) atoms. The van der Waals surface area contributed by atoms with Crippen LogP contribution in [0.3, 0.4) is 0 Å². The Morgan fingerprint density at radius 2 is 2.00 bits per heavy atom. The molecule has 0 saturated heterocycles. The molecule has 0 aliphatic rings. The van der Waals surface area contributed by atoms with Crippen LogP contribution in [0.1, 0.15) is 26.7 Å². The number of oxime groups is 1. The average molecular weight is 164 g/mol. The second kappa shape index (κ2) is 5.54. The summed E-state index contributed by atoms with van der Waals surface area (Å²) in [5.41, 5.74) is 0. The van der Waals surface area contributed by atoms with Crippen LogP contribution < -0.4 is 0 Å². The zero-order chi connectivity index (χ0) is 7.98. The van der Waals surface area contributed by atoms with E-state index in [0.29, 0.717) is 5.92 Å². The van der Waals surface area contributed by atoms with Gasteiger partial charge in [0.25, 0.3) is 0 Å². The Morgan fingerprint density at radius 3 is 2.30 bits per heavy atom. The predicted molar refractivity (Wildman–Crippen MR) is 44.0 cm³/mol. The van der Waals surface area contributed by atoms with E-state index in [2.05, 4.69) is 19.0 Å². The zero-order valence-corrected chi connectivity index (χ0v) is 7.17. The lowest BCUT2D eigenvalue weighted by Gasteiger charge is -2.13. The van der Waals surface area contributed by atoms with Crippen LogP contribution in [0.5, 0.6) is 0 Å². The van der Waals surface area contributed by atoms with Crippen molar-refractivity contribution in [3.63, 3.8) is 0 Å². The van der Waals surface area contributed by atoms with Crippen LogP contribution >= 0.6 is 11.6 Å². The molecule has 60 valence electrons. The average Bonchev–Trinajstić information content (AvgIpc) is 1.91. The molecule has 3 heteroatoms. The van der Waals surface area contributed by atoms with E-state index in [4.69, 9.17) is 16.8 Å². The molecule has 1 unspecified atom stereocenters. The molecular formula is C7H14ClNO. The Hall–Kier alpha value is -0.240. The summed E-state index contributed by atoms with van der Waals surface area (Å²) in [5.74, 6) is 0.428. The van der Waals surface area contributed by atoms with Gasteiger partial charge in [-0.2, -0.15) is 0 Å². The highest BCUT2D eigenvalue weighted by Crippen LogP contribution is 2.16. The maximum atomic E-state index is 8.16. The zero-order valence-electron chi connectivity index (χ0n) is 6.42. The highest BCUT2D eigenvalue weighted by atomic mass is 35.5. The first-order valence-corrected chi connectivity index (χ1v) is 4.01. The number of alkyl halides is 1. The van der Waals surface area contributed by atoms with Gasteiger partial charge in [-0.25, -0.2) is 0 Å². The first kappa shape index (κ1) is 9.76. The van der Waals surface area contributed by atoms with E-state index in [-0.39, 0.29) is 5.38 Å². The molecule has 0 heterocycles. The van der Waals surface area contributed by atoms with Gasteiger partial charge in [0.2, 0.25) is 0 Å². The summed E-state index contributed by atoms with van der Waals surface area (Å²) in [6.45, 7) is 4.16. The molecule has 0 aliphatic carbocycles. The highest BCUT2D eigenvalue weighted by Gasteiger charge is 2.12. The van der Waals surface area contributed by atoms with E-state index in [1.807, 2.05) is 0 Å². The van der Waals surface area contributed by atoms with E-state index in [1.54, 1.807) is 0 Å². The minimum atomic E-state index is -0.125. The summed E-state index contributed by atoms with van der Waals surface area (Å²) in [5, 5.41) is 10.9. The van der Waals surface area contributed by atoms with Gasteiger partial charge in [-0.15, -0.1) is 16.8 Å². The van der Waals surface area contributed by atoms with E-state index in [1.165, 1.54) is 6.21 Å². The Bertz CT molecular complexity index is 102. The van der Waals surface area contributed by atoms with Crippen molar-refractivity contribution in [2.24, 2.45) is 11.1 Å². The number of halogens is 1. The topological polar surface area (TPSA) is 32.6 Å². The summed E-state index contributed by atoms with van der Waals surface area (Å²) in [6.07, 6.45) is 3.42. The van der Waals surface area contributed by atoms with Crippen LogP contribution in [0.2, 0.25) is 0 Å². The van der Waals surface area contributed by atoms with Crippen LogP contribution in [-0.4, -0.2) is 16.8 Å². The minimum Gasteiger partial charge on any atom is -0.411 e. The molecular weight excluding hydrogens is 150 g/mol. The third-order valence-corrected chi connectivity index (χ3v) is 2.18. The lowest BCUT2D eigenvalue weighted by Crippen LogP contribution is -2.14. The van der Waals surface area contributed by atoms with Gasteiger partial charge < -0.3 is 5.21 Å². The van der Waals surface area contributed by atoms with E-state index in [0.717, 1.165) is 12.8 Å². The Kier molecular flexibility index (Phi) is 5.40. The molecule has 0 amide bonds. The quantitative estimate of drug-likeness (QED) is 0.294. The van der Waals surface area contributed by atoms with Crippen LogP contribution in [0.25, 0.3) is 0 Å². The van der Waals surface area contributed by atoms with Gasteiger partial charge in [-0.1, -0.05) is 26.7 Å². The second-order valence-corrected chi connectivity index (χ2v) is 2.79. The van der Waals surface area contributed by atoms with E-state index in [9.17, 15) is 0 Å². The Labute approximate surface area is 66.9 Å². The van der Waals surface area contributed by atoms with Crippen molar-refractivity contribution in [3.05, 3.63) is 0 Å². The van der Waals surface area contributed by atoms with Gasteiger partial charge in [-0.3, -0.25) is 0 Å². The van der Waals surface area contributed by atoms with E-state index >= 15 is 0 Å². The monoisotopic (exact) mass is 163 g/mol. The Morgan fingerprint density at radius 1 is 1.50 bits per heavy atom. The van der Waals surface area contributed by atoms with Crippen molar-refractivity contribution in [1.29, 1.82) is 0 Å². The molecule has 1 atom stereocenters. The van der Waals surface area contributed by atoms with Crippen LogP contribution in [0.4, 0.5) is 0 Å². The van der Waals surface area contributed by atoms with Gasteiger partial charge in [0.15, 0.2) is 0 Å². The predicted octanol–water partition coefficient (Wildman–Crippen LogP) is 2.49. The van der Waals surface area contributed by atoms with Gasteiger partial charge in [-0.05, 0) is 5.92 Å². The number of hydrogen-bond donors (Lipinski definition) is 1. The van der Waals surface area contributed by atoms with Crippen molar-refractivity contribution in [1.82, 2.24) is 0 Å². The molecule has 0 saturated carbocycles. The van der Waals surface area contributed by atoms with Crippen molar-refractivity contribution >= 4 is 17.8 Å². The maximum Gasteiger partial charge on any atom is 0.0749 e. The molecule has 0 bridgehead atoms. The number of rotatable bonds is 4. The van der Waals surface area contributed by atoms with Crippen molar-refractivity contribution < 1.29 is 5.21 Å². The van der Waals surface area contributed by atoms with Gasteiger partial charge in [0.05, 0.1) is 11.6 Å². The highest BCUT2D eigenvalue weighted by molar-refractivity contribution is 6.28. The first-order chi connectivity index (χ1) is 4.76. The van der Waals surface area contributed by atoms with Crippen molar-refractivity contribution in [2.45, 2.75) is 32.1 Å². The number of hydrogen-bond acceptors (Lipinski definition) is 2. The molecule has 0 rings (SSSR count). The lowest BCUT2D eigenvalue weighted by atomic mass is 10.00. The number of nitrogens with zero attached hydrogens (tertiary/aromatic N) is 1. The summed E-state index contributed by atoms with van der Waals surface area (Å²) >= 11 is 5.84. The summed E-state index contributed by atoms with van der Waals surface area (Å²) < 4.78 is 0. The molecule has 0 aromatic rings. The third kappa shape index (κ3) is 3.06. The largest absolute Gasteiger partial charge is 0.411 e. The fourth-order valence-corrected chi connectivity index (χ4v) is 1.33. The van der Waals surface area contributed by atoms with Crippen molar-refractivity contribution in [2.75, 3.05) is 0 Å². The molecule has 0 radical (unpaired) electrons. The third-order valence-electron chi connectivity index (χ3n) is 1.71. The summed E-state index contributed by atoms with van der Waals surface area (Å²) in [6, 6.07) is 0. The SMILES string of the molecule is CCC(CC)C(Cl)/C=N/O. The smallest absolute Gasteiger partial charge is 0.0749 e. The molecule has 0 spiro atoms. The van der Waals surface area contributed by atoms with Crippen LogP contribution in [0.15, 0.2) is 5.16 Å². The van der Waals surface area contributed by atoms with Gasteiger partial charge in [0, 0.05) is 0 Å². The summed E-state index contributed by atoms with van der Waals surface area (Å²) in [4.78, 5) is 0. The molecule has 0 aromatic heterocycles. The standard InChI is InChI=1S/C7H14ClNO/c1-3-6(4-2)7(8)5-9-10/h5-7,10H,3-4H2,1-2H3/b9-5+. The summed E-state index contributed by atoms with van der Waals surface area (Å²) in [7, 11) is 0. The molecule has 1 N–H and O–H groups in total. The van der Waals surface area contributed by atoms with Crippen molar-refractivity contribution in [3.8, 4) is 0 Å². The van der Waals surface area contributed by atoms with Crippen LogP contribution in [0, 0.1) is 5.92 Å². The lowest BCUT2D eigenvalue weighted by molar-refractivity contribution is 0.319. The van der Waals surface area contributed by atoms with Gasteiger partial charge >= 0.3 is 0 Å². The molecule has 2 nitrogen and oxygen atoms in total. The molecule has 0 aromatic carbocycles. The minimum absolute atomic E-state index is 0.125. The van der Waals surface area contributed by atoms with Gasteiger partial charge in [0.1, 0.15) is 0 Å². The molecule has 0 aliphatic heterocycles. The first-order valence-electron chi connectivity index (χ1n) is 3.57. The fourth-order valence-electron chi connectivity index (χ4n) is 0.924.